The molecule has 2 aromatic carbocycles. The van der Waals surface area contributed by atoms with Gasteiger partial charge in [0.05, 0.1) is 6.04 Å². The Hall–Kier alpha value is -2.13. The number of anilines is 1. The second kappa shape index (κ2) is 7.24. The maximum absolute atomic E-state index is 13.0. The first-order chi connectivity index (χ1) is 12.3. The summed E-state index contributed by atoms with van der Waals surface area (Å²) in [5, 5.41) is 0. The number of aryl methyl sites for hydroxylation is 1. The van der Waals surface area contributed by atoms with E-state index in [0.29, 0.717) is 0 Å². The maximum Gasteiger partial charge on any atom is 0.244 e. The van der Waals surface area contributed by atoms with Crippen molar-refractivity contribution in [1.82, 2.24) is 4.90 Å². The number of carbonyl (C=O) groups excluding carboxylic acids is 1. The van der Waals surface area contributed by atoms with Crippen LogP contribution in [0.2, 0.25) is 0 Å². The molecule has 0 radical (unpaired) electrons. The van der Waals surface area contributed by atoms with Crippen LogP contribution in [0, 0.1) is 6.92 Å². The lowest BCUT2D eigenvalue weighted by atomic mass is 9.87. The van der Waals surface area contributed by atoms with Gasteiger partial charge in [-0.1, -0.05) is 62.7 Å². The van der Waals surface area contributed by atoms with Gasteiger partial charge in [0.15, 0.2) is 0 Å². The lowest BCUT2D eigenvalue weighted by Gasteiger charge is -2.39. The molecule has 3 nitrogen and oxygen atoms in total. The quantitative estimate of drug-likeness (QED) is 0.812. The van der Waals surface area contributed by atoms with Crippen LogP contribution >= 0.6 is 0 Å². The Bertz CT molecular complexity index is 774. The Morgan fingerprint density at radius 1 is 1.04 bits per heavy atom. The van der Waals surface area contributed by atoms with Crippen LogP contribution in [0.1, 0.15) is 44.4 Å². The number of piperazine rings is 1. The molecular weight excluding hydrogens is 320 g/mol. The first-order valence-corrected chi connectivity index (χ1v) is 9.47. The molecule has 0 unspecified atom stereocenters. The van der Waals surface area contributed by atoms with Gasteiger partial charge in [-0.05, 0) is 42.5 Å². The van der Waals surface area contributed by atoms with Crippen molar-refractivity contribution in [3.05, 3.63) is 65.2 Å². The first kappa shape index (κ1) is 18.7. The van der Waals surface area contributed by atoms with Crippen molar-refractivity contribution in [1.29, 1.82) is 0 Å². The average Bonchev–Trinajstić information content (AvgIpc) is 2.59. The van der Waals surface area contributed by atoms with E-state index < -0.39 is 0 Å². The van der Waals surface area contributed by atoms with Crippen molar-refractivity contribution >= 4 is 11.6 Å². The number of hydrogen-bond donors (Lipinski definition) is 0. The number of carbonyl (C=O) groups is 1. The molecule has 2 aromatic rings. The van der Waals surface area contributed by atoms with Gasteiger partial charge in [-0.3, -0.25) is 9.69 Å². The highest BCUT2D eigenvalue weighted by atomic mass is 16.2. The zero-order valence-corrected chi connectivity index (χ0v) is 16.6. The van der Waals surface area contributed by atoms with Crippen LogP contribution in [-0.4, -0.2) is 29.9 Å². The van der Waals surface area contributed by atoms with Crippen LogP contribution in [0.25, 0.3) is 0 Å². The molecule has 1 heterocycles. The van der Waals surface area contributed by atoms with Crippen molar-refractivity contribution < 1.29 is 4.79 Å². The molecule has 1 saturated heterocycles. The molecule has 0 N–H and O–H groups in total. The Kier molecular flexibility index (Phi) is 5.19. The van der Waals surface area contributed by atoms with Gasteiger partial charge in [-0.2, -0.15) is 0 Å². The minimum atomic E-state index is -0.105. The highest BCUT2D eigenvalue weighted by molar-refractivity contribution is 5.97. The maximum atomic E-state index is 13.0. The fourth-order valence-electron chi connectivity index (χ4n) is 3.57. The minimum Gasteiger partial charge on any atom is -0.310 e. The van der Waals surface area contributed by atoms with E-state index in [1.54, 1.807) is 0 Å². The molecule has 0 bridgehead atoms. The molecule has 1 fully saturated rings. The van der Waals surface area contributed by atoms with Crippen LogP contribution in [0.5, 0.6) is 0 Å². The SMILES string of the molecule is Cc1cccc(CN2CCN(c3ccc(C(C)(C)C)cc3)C(=O)[C@H]2C)c1. The van der Waals surface area contributed by atoms with E-state index in [9.17, 15) is 4.79 Å². The Morgan fingerprint density at radius 2 is 1.73 bits per heavy atom. The molecule has 1 amide bonds. The van der Waals surface area contributed by atoms with Gasteiger partial charge in [-0.15, -0.1) is 0 Å². The van der Waals surface area contributed by atoms with Gasteiger partial charge < -0.3 is 4.90 Å². The lowest BCUT2D eigenvalue weighted by molar-refractivity contribution is -0.125. The number of rotatable bonds is 3. The van der Waals surface area contributed by atoms with Crippen LogP contribution in [0.4, 0.5) is 5.69 Å². The molecule has 138 valence electrons. The summed E-state index contributed by atoms with van der Waals surface area (Å²) >= 11 is 0. The third kappa shape index (κ3) is 3.99. The first-order valence-electron chi connectivity index (χ1n) is 9.47. The van der Waals surface area contributed by atoms with Crippen molar-refractivity contribution in [3.63, 3.8) is 0 Å². The average molecular weight is 351 g/mol. The number of hydrogen-bond acceptors (Lipinski definition) is 2. The zero-order chi connectivity index (χ0) is 18.9. The summed E-state index contributed by atoms with van der Waals surface area (Å²) in [5.74, 6) is 0.187. The number of amides is 1. The largest absolute Gasteiger partial charge is 0.310 e. The summed E-state index contributed by atoms with van der Waals surface area (Å²) in [4.78, 5) is 17.2. The number of nitrogens with zero attached hydrogens (tertiary/aromatic N) is 2. The summed E-state index contributed by atoms with van der Waals surface area (Å²) in [6.07, 6.45) is 0. The van der Waals surface area contributed by atoms with E-state index in [1.165, 1.54) is 16.7 Å². The van der Waals surface area contributed by atoms with Crippen LogP contribution in [0.15, 0.2) is 48.5 Å². The smallest absolute Gasteiger partial charge is 0.244 e. The molecule has 0 saturated carbocycles. The molecule has 3 rings (SSSR count). The van der Waals surface area contributed by atoms with E-state index in [1.807, 2.05) is 11.8 Å². The second-order valence-electron chi connectivity index (χ2n) is 8.42. The Morgan fingerprint density at radius 3 is 2.35 bits per heavy atom. The standard InChI is InChI=1S/C23H30N2O/c1-17-7-6-8-19(15-17)16-24-13-14-25(22(26)18(24)2)21-11-9-20(10-12-21)23(3,4)5/h6-12,15,18H,13-14,16H2,1-5H3/t18-/m1/s1. The summed E-state index contributed by atoms with van der Waals surface area (Å²) < 4.78 is 0. The van der Waals surface area contributed by atoms with E-state index >= 15 is 0 Å². The molecule has 26 heavy (non-hydrogen) atoms. The van der Waals surface area contributed by atoms with E-state index in [4.69, 9.17) is 0 Å². The van der Waals surface area contributed by atoms with Crippen molar-refractivity contribution in [3.8, 4) is 0 Å². The molecule has 0 aliphatic carbocycles. The van der Waals surface area contributed by atoms with Gasteiger partial charge in [0.25, 0.3) is 0 Å². The highest BCUT2D eigenvalue weighted by Crippen LogP contribution is 2.27. The highest BCUT2D eigenvalue weighted by Gasteiger charge is 2.32. The van der Waals surface area contributed by atoms with E-state index in [2.05, 4.69) is 81.1 Å². The third-order valence-corrected chi connectivity index (χ3v) is 5.30. The molecular formula is C23H30N2O. The topological polar surface area (TPSA) is 23.6 Å². The third-order valence-electron chi connectivity index (χ3n) is 5.30. The summed E-state index contributed by atoms with van der Waals surface area (Å²) in [6, 6.07) is 16.9. The zero-order valence-electron chi connectivity index (χ0n) is 16.6. The Labute approximate surface area is 157 Å². The Balaban J connectivity index is 1.71. The predicted molar refractivity (Wildman–Crippen MR) is 109 cm³/mol. The van der Waals surface area contributed by atoms with Gasteiger partial charge in [0.2, 0.25) is 5.91 Å². The molecule has 3 heteroatoms. The minimum absolute atomic E-state index is 0.105. The summed E-state index contributed by atoms with van der Waals surface area (Å²) in [5.41, 5.74) is 4.96. The summed E-state index contributed by atoms with van der Waals surface area (Å²) in [6.45, 7) is 13.2. The van der Waals surface area contributed by atoms with Crippen LogP contribution in [-0.2, 0) is 16.8 Å². The van der Waals surface area contributed by atoms with Gasteiger partial charge in [-0.25, -0.2) is 0 Å². The molecule has 1 atom stereocenters. The molecule has 0 spiro atoms. The van der Waals surface area contributed by atoms with Crippen LogP contribution < -0.4 is 4.90 Å². The monoisotopic (exact) mass is 350 g/mol. The van der Waals surface area contributed by atoms with Gasteiger partial charge in [0.1, 0.15) is 0 Å². The van der Waals surface area contributed by atoms with Crippen molar-refractivity contribution in [2.75, 3.05) is 18.0 Å². The summed E-state index contributed by atoms with van der Waals surface area (Å²) in [7, 11) is 0. The second-order valence-corrected chi connectivity index (χ2v) is 8.42. The molecule has 1 aliphatic heterocycles. The fraction of sp³-hybridized carbons (Fsp3) is 0.435. The van der Waals surface area contributed by atoms with Crippen LogP contribution in [0.3, 0.4) is 0 Å². The van der Waals surface area contributed by atoms with Gasteiger partial charge in [0, 0.05) is 25.3 Å². The van der Waals surface area contributed by atoms with Crippen molar-refractivity contribution in [2.45, 2.75) is 52.6 Å². The van der Waals surface area contributed by atoms with Crippen molar-refractivity contribution in [2.24, 2.45) is 0 Å². The normalized spacial score (nSPS) is 19.0. The fourth-order valence-corrected chi connectivity index (χ4v) is 3.57. The lowest BCUT2D eigenvalue weighted by Crippen LogP contribution is -2.55. The van der Waals surface area contributed by atoms with E-state index in [-0.39, 0.29) is 17.4 Å². The molecule has 0 aromatic heterocycles. The molecule has 1 aliphatic rings. The number of benzene rings is 2. The predicted octanol–water partition coefficient (Wildman–Crippen LogP) is 4.53. The van der Waals surface area contributed by atoms with Gasteiger partial charge >= 0.3 is 0 Å². The van der Waals surface area contributed by atoms with E-state index in [0.717, 1.165) is 25.3 Å².